The summed E-state index contributed by atoms with van der Waals surface area (Å²) >= 11 is 0. The maximum Gasteiger partial charge on any atom is 0.261 e. The number of amides is 1. The third-order valence-electron chi connectivity index (χ3n) is 4.70. The van der Waals surface area contributed by atoms with Gasteiger partial charge in [0.05, 0.1) is 18.1 Å². The molecule has 0 fully saturated rings. The zero-order valence-electron chi connectivity index (χ0n) is 17.2. The molecule has 31 heavy (non-hydrogen) atoms. The maximum absolute atomic E-state index is 12.6. The monoisotopic (exact) mass is 440 g/mol. The van der Waals surface area contributed by atoms with Gasteiger partial charge in [-0.25, -0.2) is 8.42 Å². The topological polar surface area (TPSA) is 105 Å². The van der Waals surface area contributed by atoms with E-state index in [1.54, 1.807) is 38.3 Å². The van der Waals surface area contributed by atoms with Crippen molar-refractivity contribution in [3.05, 3.63) is 89.5 Å². The Balaban J connectivity index is 1.64. The van der Waals surface area contributed by atoms with Gasteiger partial charge in [-0.3, -0.25) is 9.52 Å². The van der Waals surface area contributed by atoms with E-state index in [2.05, 4.69) is 10.0 Å². The highest BCUT2D eigenvalue weighted by atomic mass is 32.2. The minimum absolute atomic E-state index is 0.0792. The van der Waals surface area contributed by atoms with Gasteiger partial charge in [0.15, 0.2) is 0 Å². The fourth-order valence-electron chi connectivity index (χ4n) is 2.96. The van der Waals surface area contributed by atoms with E-state index >= 15 is 0 Å². The SMILES string of the molecule is COc1ccccc1CNC(=O)c1ccc(NS(=O)(=O)c2ccc([C@H](C)O)cc2)cc1. The van der Waals surface area contributed by atoms with Crippen LogP contribution in [0.25, 0.3) is 0 Å². The van der Waals surface area contributed by atoms with Crippen molar-refractivity contribution in [2.24, 2.45) is 0 Å². The first-order valence-electron chi connectivity index (χ1n) is 9.61. The van der Waals surface area contributed by atoms with Gasteiger partial charge in [-0.2, -0.15) is 0 Å². The van der Waals surface area contributed by atoms with Crippen LogP contribution in [0.5, 0.6) is 5.75 Å². The van der Waals surface area contributed by atoms with Crippen molar-refractivity contribution in [2.75, 3.05) is 11.8 Å². The molecule has 0 aliphatic rings. The van der Waals surface area contributed by atoms with Crippen LogP contribution in [0.3, 0.4) is 0 Å². The number of anilines is 1. The Hall–Kier alpha value is -3.36. The molecule has 162 valence electrons. The van der Waals surface area contributed by atoms with E-state index in [0.29, 0.717) is 29.1 Å². The molecule has 3 aromatic rings. The highest BCUT2D eigenvalue weighted by Crippen LogP contribution is 2.20. The molecule has 0 bridgehead atoms. The molecule has 3 rings (SSSR count). The minimum Gasteiger partial charge on any atom is -0.496 e. The molecule has 7 nitrogen and oxygen atoms in total. The normalized spacial score (nSPS) is 12.1. The van der Waals surface area contributed by atoms with Crippen LogP contribution in [0.15, 0.2) is 77.7 Å². The number of ether oxygens (including phenoxy) is 1. The lowest BCUT2D eigenvalue weighted by Crippen LogP contribution is -2.23. The second kappa shape index (κ2) is 9.63. The smallest absolute Gasteiger partial charge is 0.261 e. The van der Waals surface area contributed by atoms with Crippen LogP contribution in [0.2, 0.25) is 0 Å². The van der Waals surface area contributed by atoms with Crippen LogP contribution >= 0.6 is 0 Å². The fraction of sp³-hybridized carbons (Fsp3) is 0.174. The Morgan fingerprint density at radius 3 is 2.26 bits per heavy atom. The second-order valence-corrected chi connectivity index (χ2v) is 8.60. The number of hydrogen-bond acceptors (Lipinski definition) is 5. The van der Waals surface area contributed by atoms with Crippen molar-refractivity contribution in [3.8, 4) is 5.75 Å². The summed E-state index contributed by atoms with van der Waals surface area (Å²) in [5.41, 5.74) is 2.21. The summed E-state index contributed by atoms with van der Waals surface area (Å²) in [6.07, 6.45) is -0.675. The predicted molar refractivity (Wildman–Crippen MR) is 118 cm³/mol. The van der Waals surface area contributed by atoms with Gasteiger partial charge < -0.3 is 15.2 Å². The number of nitrogens with one attached hydrogen (secondary N) is 2. The Labute approximate surface area is 181 Å². The summed E-state index contributed by atoms with van der Waals surface area (Å²) in [4.78, 5) is 12.5. The summed E-state index contributed by atoms with van der Waals surface area (Å²) < 4.78 is 32.9. The van der Waals surface area contributed by atoms with Crippen LogP contribution < -0.4 is 14.8 Å². The summed E-state index contributed by atoms with van der Waals surface area (Å²) in [5, 5.41) is 12.4. The largest absolute Gasteiger partial charge is 0.496 e. The molecular weight excluding hydrogens is 416 g/mol. The van der Waals surface area contributed by atoms with E-state index in [1.807, 2.05) is 24.3 Å². The lowest BCUT2D eigenvalue weighted by atomic mass is 10.1. The van der Waals surface area contributed by atoms with Crippen LogP contribution in [-0.2, 0) is 16.6 Å². The van der Waals surface area contributed by atoms with Gasteiger partial charge in [0, 0.05) is 23.4 Å². The van der Waals surface area contributed by atoms with Crippen molar-refractivity contribution in [3.63, 3.8) is 0 Å². The number of carbonyl (C=O) groups excluding carboxylic acids is 1. The Morgan fingerprint density at radius 2 is 1.65 bits per heavy atom. The molecule has 0 aromatic heterocycles. The van der Waals surface area contributed by atoms with Crippen molar-refractivity contribution in [1.82, 2.24) is 5.32 Å². The molecule has 0 aliphatic carbocycles. The Morgan fingerprint density at radius 1 is 1.00 bits per heavy atom. The molecule has 1 amide bonds. The molecule has 0 saturated carbocycles. The van der Waals surface area contributed by atoms with E-state index in [0.717, 1.165) is 5.56 Å². The zero-order chi connectivity index (χ0) is 22.4. The van der Waals surface area contributed by atoms with Crippen molar-refractivity contribution >= 4 is 21.6 Å². The van der Waals surface area contributed by atoms with E-state index in [4.69, 9.17) is 4.74 Å². The van der Waals surface area contributed by atoms with Crippen molar-refractivity contribution in [1.29, 1.82) is 0 Å². The quantitative estimate of drug-likeness (QED) is 0.497. The number of hydrogen-bond donors (Lipinski definition) is 3. The third-order valence-corrected chi connectivity index (χ3v) is 6.10. The van der Waals surface area contributed by atoms with Gasteiger partial charge in [-0.1, -0.05) is 30.3 Å². The molecule has 0 saturated heterocycles. The molecule has 1 atom stereocenters. The van der Waals surface area contributed by atoms with Gasteiger partial charge in [-0.05, 0) is 55.0 Å². The number of benzene rings is 3. The van der Waals surface area contributed by atoms with Gasteiger partial charge in [0.25, 0.3) is 15.9 Å². The maximum atomic E-state index is 12.6. The minimum atomic E-state index is -3.79. The highest BCUT2D eigenvalue weighted by molar-refractivity contribution is 7.92. The molecule has 0 aliphatic heterocycles. The Bertz CT molecular complexity index is 1140. The average molecular weight is 441 g/mol. The lowest BCUT2D eigenvalue weighted by Gasteiger charge is -2.11. The van der Waals surface area contributed by atoms with E-state index in [-0.39, 0.29) is 10.8 Å². The summed E-state index contributed by atoms with van der Waals surface area (Å²) in [5.74, 6) is 0.406. The number of sulfonamides is 1. The molecule has 3 aromatic carbocycles. The van der Waals surface area contributed by atoms with Gasteiger partial charge in [-0.15, -0.1) is 0 Å². The number of aliphatic hydroxyl groups is 1. The van der Waals surface area contributed by atoms with Crippen LogP contribution in [0.1, 0.15) is 34.5 Å². The molecule has 0 heterocycles. The second-order valence-electron chi connectivity index (χ2n) is 6.92. The average Bonchev–Trinajstić information content (AvgIpc) is 2.78. The van der Waals surface area contributed by atoms with E-state index < -0.39 is 16.1 Å². The van der Waals surface area contributed by atoms with Gasteiger partial charge >= 0.3 is 0 Å². The summed E-state index contributed by atoms with van der Waals surface area (Å²) in [6.45, 7) is 1.91. The van der Waals surface area contributed by atoms with Crippen molar-refractivity contribution < 1.29 is 23.1 Å². The third kappa shape index (κ3) is 5.62. The van der Waals surface area contributed by atoms with Crippen LogP contribution in [0.4, 0.5) is 5.69 Å². The molecule has 0 unspecified atom stereocenters. The van der Waals surface area contributed by atoms with Crippen LogP contribution in [-0.4, -0.2) is 26.5 Å². The molecular formula is C23H24N2O5S. The molecule has 0 radical (unpaired) electrons. The van der Waals surface area contributed by atoms with E-state index in [1.165, 1.54) is 24.3 Å². The number of para-hydroxylation sites is 1. The van der Waals surface area contributed by atoms with Gasteiger partial charge in [0.2, 0.25) is 0 Å². The predicted octanol–water partition coefficient (Wildman–Crippen LogP) is 3.48. The van der Waals surface area contributed by atoms with Gasteiger partial charge in [0.1, 0.15) is 5.75 Å². The standard InChI is InChI=1S/C23H24N2O5S/c1-16(26)17-9-13-21(14-10-17)31(28,29)25-20-11-7-18(8-12-20)23(27)24-15-19-5-3-4-6-22(19)30-2/h3-14,16,25-26H,15H2,1-2H3,(H,24,27)/t16-/m0/s1. The summed E-state index contributed by atoms with van der Waals surface area (Å²) in [6, 6.07) is 19.5. The van der Waals surface area contributed by atoms with E-state index in [9.17, 15) is 18.3 Å². The molecule has 3 N–H and O–H groups in total. The number of rotatable bonds is 8. The molecule has 0 spiro atoms. The van der Waals surface area contributed by atoms with Crippen molar-refractivity contribution in [2.45, 2.75) is 24.5 Å². The highest BCUT2D eigenvalue weighted by Gasteiger charge is 2.15. The Kier molecular flexibility index (Phi) is 6.94. The summed E-state index contributed by atoms with van der Waals surface area (Å²) in [7, 11) is -2.22. The zero-order valence-corrected chi connectivity index (χ0v) is 18.0. The fourth-order valence-corrected chi connectivity index (χ4v) is 4.01. The van der Waals surface area contributed by atoms with Crippen LogP contribution in [0, 0.1) is 0 Å². The molecule has 8 heteroatoms. The number of carbonyl (C=O) groups is 1. The number of aliphatic hydroxyl groups excluding tert-OH is 1. The first-order valence-corrected chi connectivity index (χ1v) is 11.1. The first kappa shape index (κ1) is 22.3. The first-order chi connectivity index (χ1) is 14.8. The number of methoxy groups -OCH3 is 1. The lowest BCUT2D eigenvalue weighted by molar-refractivity contribution is 0.0950.